The third-order valence-electron chi connectivity index (χ3n) is 5.84. The Morgan fingerprint density at radius 2 is 2.00 bits per heavy atom. The van der Waals surface area contributed by atoms with Crippen LogP contribution in [0.25, 0.3) is 11.0 Å². The fourth-order valence-electron chi connectivity index (χ4n) is 4.15. The molecule has 0 spiro atoms. The first-order valence-corrected chi connectivity index (χ1v) is 11.1. The van der Waals surface area contributed by atoms with Crippen LogP contribution in [0.2, 0.25) is 5.02 Å². The molecule has 30 heavy (non-hydrogen) atoms. The van der Waals surface area contributed by atoms with Crippen LogP contribution in [0.15, 0.2) is 42.5 Å². The quantitative estimate of drug-likeness (QED) is 0.560. The van der Waals surface area contributed by atoms with Gasteiger partial charge in [-0.2, -0.15) is 0 Å². The van der Waals surface area contributed by atoms with E-state index in [4.69, 9.17) is 21.3 Å². The van der Waals surface area contributed by atoms with Crippen molar-refractivity contribution in [1.82, 2.24) is 14.9 Å². The lowest BCUT2D eigenvalue weighted by Crippen LogP contribution is -2.32. The maximum Gasteiger partial charge on any atom is 0.223 e. The molecule has 1 amide bonds. The monoisotopic (exact) mass is 425 g/mol. The number of benzene rings is 2. The van der Waals surface area contributed by atoms with E-state index in [1.165, 1.54) is 6.42 Å². The number of nitrogens with one attached hydrogen (secondary N) is 1. The Kier molecular flexibility index (Phi) is 6.58. The summed E-state index contributed by atoms with van der Waals surface area (Å²) in [7, 11) is 0. The molecule has 1 aromatic heterocycles. The van der Waals surface area contributed by atoms with Crippen molar-refractivity contribution >= 4 is 28.5 Å². The molecule has 1 saturated carbocycles. The van der Waals surface area contributed by atoms with Crippen molar-refractivity contribution in [2.75, 3.05) is 6.61 Å². The first kappa shape index (κ1) is 20.7. The predicted molar refractivity (Wildman–Crippen MR) is 120 cm³/mol. The second-order valence-corrected chi connectivity index (χ2v) is 8.39. The van der Waals surface area contributed by atoms with Gasteiger partial charge in [-0.1, -0.05) is 43.0 Å². The van der Waals surface area contributed by atoms with Crippen LogP contribution in [0.4, 0.5) is 0 Å². The molecule has 1 aliphatic rings. The lowest BCUT2D eigenvalue weighted by atomic mass is 9.89. The van der Waals surface area contributed by atoms with Gasteiger partial charge >= 0.3 is 0 Å². The second kappa shape index (κ2) is 9.52. The van der Waals surface area contributed by atoms with Crippen molar-refractivity contribution in [2.24, 2.45) is 5.92 Å². The van der Waals surface area contributed by atoms with Crippen LogP contribution in [-0.2, 0) is 17.9 Å². The van der Waals surface area contributed by atoms with Gasteiger partial charge in [-0.05, 0) is 55.7 Å². The first-order chi connectivity index (χ1) is 14.6. The minimum atomic E-state index is 0.146. The molecule has 0 atom stereocenters. The maximum atomic E-state index is 12.6. The number of carbonyl (C=O) groups is 1. The van der Waals surface area contributed by atoms with Gasteiger partial charge in [-0.3, -0.25) is 4.79 Å². The molecule has 1 heterocycles. The van der Waals surface area contributed by atoms with Gasteiger partial charge in [-0.25, -0.2) is 4.98 Å². The molecule has 2 aromatic carbocycles. The molecule has 0 unspecified atom stereocenters. The Hall–Kier alpha value is -2.53. The van der Waals surface area contributed by atoms with Crippen molar-refractivity contribution in [3.05, 3.63) is 58.9 Å². The third-order valence-corrected chi connectivity index (χ3v) is 6.27. The van der Waals surface area contributed by atoms with Crippen molar-refractivity contribution in [3.8, 4) is 5.75 Å². The number of aromatic nitrogens is 2. The summed E-state index contributed by atoms with van der Waals surface area (Å²) in [6.45, 7) is 3.55. The Bertz CT molecular complexity index is 1020. The van der Waals surface area contributed by atoms with E-state index < -0.39 is 0 Å². The van der Waals surface area contributed by atoms with Crippen LogP contribution in [0.1, 0.15) is 43.5 Å². The molecule has 1 fully saturated rings. The summed E-state index contributed by atoms with van der Waals surface area (Å²) in [5.74, 6) is 1.96. The minimum absolute atomic E-state index is 0.146. The molecule has 4 rings (SSSR count). The lowest BCUT2D eigenvalue weighted by molar-refractivity contribution is -0.126. The average Bonchev–Trinajstić information content (AvgIpc) is 3.13. The number of ether oxygens (including phenoxy) is 1. The SMILES string of the molecule is Cc1cc(OCCn2c(CNC(=O)C3CCCCC3)nc3ccccc32)ccc1Cl. The number of para-hydroxylation sites is 2. The maximum absolute atomic E-state index is 12.6. The van der Waals surface area contributed by atoms with Gasteiger partial charge in [0.25, 0.3) is 0 Å². The Labute approximate surface area is 182 Å². The highest BCUT2D eigenvalue weighted by atomic mass is 35.5. The van der Waals surface area contributed by atoms with Crippen LogP contribution < -0.4 is 10.1 Å². The molecular formula is C24H28ClN3O2. The predicted octanol–water partition coefficient (Wildman–Crippen LogP) is 5.27. The highest BCUT2D eigenvalue weighted by Crippen LogP contribution is 2.24. The number of amides is 1. The number of aryl methyl sites for hydroxylation is 1. The number of rotatable bonds is 7. The van der Waals surface area contributed by atoms with Crippen molar-refractivity contribution in [2.45, 2.75) is 52.1 Å². The van der Waals surface area contributed by atoms with E-state index in [0.29, 0.717) is 19.7 Å². The molecule has 0 radical (unpaired) electrons. The van der Waals surface area contributed by atoms with Crippen molar-refractivity contribution in [1.29, 1.82) is 0 Å². The molecular weight excluding hydrogens is 398 g/mol. The molecule has 3 aromatic rings. The largest absolute Gasteiger partial charge is 0.492 e. The fourth-order valence-corrected chi connectivity index (χ4v) is 4.26. The minimum Gasteiger partial charge on any atom is -0.492 e. The van der Waals surface area contributed by atoms with E-state index in [1.54, 1.807) is 0 Å². The summed E-state index contributed by atoms with van der Waals surface area (Å²) in [6, 6.07) is 13.7. The van der Waals surface area contributed by atoms with Crippen LogP contribution >= 0.6 is 11.6 Å². The zero-order chi connectivity index (χ0) is 20.9. The molecule has 0 saturated heterocycles. The van der Waals surface area contributed by atoms with Gasteiger partial charge in [-0.15, -0.1) is 0 Å². The lowest BCUT2D eigenvalue weighted by Gasteiger charge is -2.20. The number of nitrogens with zero attached hydrogens (tertiary/aromatic N) is 2. The summed E-state index contributed by atoms with van der Waals surface area (Å²) >= 11 is 6.10. The molecule has 1 aliphatic carbocycles. The highest BCUT2D eigenvalue weighted by molar-refractivity contribution is 6.31. The van der Waals surface area contributed by atoms with Crippen molar-refractivity contribution < 1.29 is 9.53 Å². The Morgan fingerprint density at radius 1 is 1.20 bits per heavy atom. The Balaban J connectivity index is 1.44. The van der Waals surface area contributed by atoms with E-state index in [-0.39, 0.29) is 11.8 Å². The number of halogens is 1. The average molecular weight is 426 g/mol. The summed E-state index contributed by atoms with van der Waals surface area (Å²) in [5, 5.41) is 3.85. The van der Waals surface area contributed by atoms with Gasteiger partial charge in [0.1, 0.15) is 18.2 Å². The van der Waals surface area contributed by atoms with E-state index in [9.17, 15) is 4.79 Å². The van der Waals surface area contributed by atoms with E-state index in [1.807, 2.05) is 43.3 Å². The second-order valence-electron chi connectivity index (χ2n) is 7.98. The molecule has 5 nitrogen and oxygen atoms in total. The van der Waals surface area contributed by atoms with Crippen molar-refractivity contribution in [3.63, 3.8) is 0 Å². The summed E-state index contributed by atoms with van der Waals surface area (Å²) in [6.07, 6.45) is 5.54. The molecule has 1 N–H and O–H groups in total. The van der Waals surface area contributed by atoms with E-state index in [0.717, 1.165) is 58.9 Å². The van der Waals surface area contributed by atoms with Gasteiger partial charge in [0.15, 0.2) is 0 Å². The zero-order valence-corrected chi connectivity index (χ0v) is 18.1. The van der Waals surface area contributed by atoms with Crippen LogP contribution in [0.3, 0.4) is 0 Å². The number of imidazole rings is 1. The summed E-state index contributed by atoms with van der Waals surface area (Å²) in [5.41, 5.74) is 2.98. The van der Waals surface area contributed by atoms with Crippen LogP contribution in [0.5, 0.6) is 5.75 Å². The smallest absolute Gasteiger partial charge is 0.223 e. The third kappa shape index (κ3) is 4.78. The molecule has 0 aliphatic heterocycles. The van der Waals surface area contributed by atoms with Gasteiger partial charge in [0.2, 0.25) is 5.91 Å². The number of hydrogen-bond donors (Lipinski definition) is 1. The number of hydrogen-bond acceptors (Lipinski definition) is 3. The summed E-state index contributed by atoms with van der Waals surface area (Å²) in [4.78, 5) is 17.3. The van der Waals surface area contributed by atoms with Gasteiger partial charge in [0.05, 0.1) is 24.1 Å². The van der Waals surface area contributed by atoms with Crippen LogP contribution in [-0.4, -0.2) is 22.1 Å². The molecule has 6 heteroatoms. The van der Waals surface area contributed by atoms with Crippen LogP contribution in [0, 0.1) is 12.8 Å². The fraction of sp³-hybridized carbons (Fsp3) is 0.417. The summed E-state index contributed by atoms with van der Waals surface area (Å²) < 4.78 is 8.08. The zero-order valence-electron chi connectivity index (χ0n) is 17.4. The van der Waals surface area contributed by atoms with E-state index >= 15 is 0 Å². The number of fused-ring (bicyclic) bond motifs is 1. The van der Waals surface area contributed by atoms with E-state index in [2.05, 4.69) is 16.0 Å². The standard InChI is InChI=1S/C24H28ClN3O2/c1-17-15-19(11-12-20(17)25)30-14-13-28-22-10-6-5-9-21(22)27-23(28)16-26-24(29)18-7-3-2-4-8-18/h5-6,9-12,15,18H,2-4,7-8,13-14,16H2,1H3,(H,26,29). The highest BCUT2D eigenvalue weighted by Gasteiger charge is 2.21. The van der Waals surface area contributed by atoms with Gasteiger partial charge in [0, 0.05) is 10.9 Å². The topological polar surface area (TPSA) is 56.1 Å². The normalized spacial score (nSPS) is 14.7. The Morgan fingerprint density at radius 3 is 2.80 bits per heavy atom. The molecule has 158 valence electrons. The first-order valence-electron chi connectivity index (χ1n) is 10.7. The molecule has 0 bridgehead atoms. The van der Waals surface area contributed by atoms with Gasteiger partial charge < -0.3 is 14.6 Å². The number of carbonyl (C=O) groups excluding carboxylic acids is 1.